The van der Waals surface area contributed by atoms with Crippen LogP contribution in [0.15, 0.2) is 10.5 Å². The maximum atomic E-state index is 10.2. The highest BCUT2D eigenvalue weighted by molar-refractivity contribution is 7.81. The van der Waals surface area contributed by atoms with Gasteiger partial charge in [-0.25, -0.2) is 0 Å². The Morgan fingerprint density at radius 3 is 2.62 bits per heavy atom. The van der Waals surface area contributed by atoms with Crippen LogP contribution in [-0.4, -0.2) is 19.3 Å². The fraction of sp³-hybridized carbons (Fsp3) is 0.167. The van der Waals surface area contributed by atoms with Crippen molar-refractivity contribution in [3.63, 3.8) is 0 Å². The standard InChI is InChI=1S/C6H6O6S/c1-4-2-6(11-5(4)3-7)12-13(8,9)10/h2-3H,1H3,(H,8,9,10). The van der Waals surface area contributed by atoms with Crippen LogP contribution in [0.25, 0.3) is 0 Å². The molecule has 1 heterocycles. The summed E-state index contributed by atoms with van der Waals surface area (Å²) in [7, 11) is -4.60. The molecular weight excluding hydrogens is 200 g/mol. The molecule has 72 valence electrons. The molecule has 0 aromatic carbocycles. The summed E-state index contributed by atoms with van der Waals surface area (Å²) in [6, 6.07) is 1.18. The summed E-state index contributed by atoms with van der Waals surface area (Å²) in [5, 5.41) is 0. The van der Waals surface area contributed by atoms with Crippen molar-refractivity contribution in [3.8, 4) is 5.95 Å². The Balaban J connectivity index is 2.98. The molecule has 0 spiro atoms. The first-order valence-corrected chi connectivity index (χ1v) is 4.51. The first kappa shape index (κ1) is 9.75. The Morgan fingerprint density at radius 1 is 1.62 bits per heavy atom. The Kier molecular flexibility index (Phi) is 2.39. The summed E-state index contributed by atoms with van der Waals surface area (Å²) in [4.78, 5) is 10.2. The van der Waals surface area contributed by atoms with E-state index in [1.54, 1.807) is 0 Å². The second-order valence-corrected chi connectivity index (χ2v) is 3.26. The lowest BCUT2D eigenvalue weighted by atomic mass is 10.3. The summed E-state index contributed by atoms with van der Waals surface area (Å²) in [5.41, 5.74) is 0.425. The predicted octanol–water partition coefficient (Wildman–Crippen LogP) is 0.582. The van der Waals surface area contributed by atoms with Gasteiger partial charge in [-0.3, -0.25) is 9.35 Å². The van der Waals surface area contributed by atoms with Gasteiger partial charge in [0.05, 0.1) is 0 Å². The minimum absolute atomic E-state index is 0.0429. The maximum Gasteiger partial charge on any atom is 0.449 e. The van der Waals surface area contributed by atoms with Crippen LogP contribution in [0.1, 0.15) is 16.1 Å². The largest absolute Gasteiger partial charge is 0.449 e. The van der Waals surface area contributed by atoms with Crippen molar-refractivity contribution in [1.29, 1.82) is 0 Å². The number of carbonyl (C=O) groups is 1. The van der Waals surface area contributed by atoms with Crippen molar-refractivity contribution >= 4 is 16.7 Å². The molecule has 0 aliphatic heterocycles. The molecule has 0 bridgehead atoms. The third-order valence-corrected chi connectivity index (χ3v) is 1.60. The van der Waals surface area contributed by atoms with Gasteiger partial charge < -0.3 is 8.60 Å². The minimum atomic E-state index is -4.60. The van der Waals surface area contributed by atoms with E-state index in [0.717, 1.165) is 0 Å². The molecule has 0 aliphatic carbocycles. The molecule has 0 fully saturated rings. The van der Waals surface area contributed by atoms with Gasteiger partial charge >= 0.3 is 16.3 Å². The fourth-order valence-electron chi connectivity index (χ4n) is 0.728. The zero-order valence-corrected chi connectivity index (χ0v) is 7.37. The number of carbonyl (C=O) groups excluding carboxylic acids is 1. The van der Waals surface area contributed by atoms with Crippen LogP contribution < -0.4 is 4.18 Å². The summed E-state index contributed by atoms with van der Waals surface area (Å²) in [6.45, 7) is 1.53. The highest BCUT2D eigenvalue weighted by Gasteiger charge is 2.13. The summed E-state index contributed by atoms with van der Waals surface area (Å²) in [5.74, 6) is -0.485. The lowest BCUT2D eigenvalue weighted by Gasteiger charge is -1.93. The normalized spacial score (nSPS) is 11.2. The molecule has 0 amide bonds. The van der Waals surface area contributed by atoms with Crippen molar-refractivity contribution in [2.75, 3.05) is 0 Å². The van der Waals surface area contributed by atoms with Crippen molar-refractivity contribution in [3.05, 3.63) is 17.4 Å². The Hall–Kier alpha value is -1.34. The van der Waals surface area contributed by atoms with Gasteiger partial charge in [0.2, 0.25) is 0 Å². The van der Waals surface area contributed by atoms with Crippen molar-refractivity contribution in [1.82, 2.24) is 0 Å². The number of aldehydes is 1. The highest BCUT2D eigenvalue weighted by Crippen LogP contribution is 2.20. The van der Waals surface area contributed by atoms with Crippen molar-refractivity contribution < 1.29 is 26.4 Å². The molecule has 0 saturated heterocycles. The number of aryl methyl sites for hydroxylation is 1. The fourth-order valence-corrected chi connectivity index (χ4v) is 1.02. The first-order valence-electron chi connectivity index (χ1n) is 3.15. The van der Waals surface area contributed by atoms with E-state index in [-0.39, 0.29) is 5.76 Å². The van der Waals surface area contributed by atoms with Gasteiger partial charge in [0.25, 0.3) is 0 Å². The van der Waals surface area contributed by atoms with Gasteiger partial charge in [0.15, 0.2) is 12.0 Å². The quantitative estimate of drug-likeness (QED) is 0.574. The van der Waals surface area contributed by atoms with Crippen LogP contribution in [0.3, 0.4) is 0 Å². The zero-order chi connectivity index (χ0) is 10.1. The molecule has 0 atom stereocenters. The average molecular weight is 206 g/mol. The van der Waals surface area contributed by atoms with E-state index in [1.807, 2.05) is 0 Å². The second-order valence-electron chi connectivity index (χ2n) is 2.24. The SMILES string of the molecule is Cc1cc(OS(=O)(=O)O)oc1C=O. The Morgan fingerprint density at radius 2 is 2.23 bits per heavy atom. The second kappa shape index (κ2) is 3.19. The number of rotatable bonds is 3. The van der Waals surface area contributed by atoms with E-state index in [2.05, 4.69) is 8.60 Å². The van der Waals surface area contributed by atoms with E-state index >= 15 is 0 Å². The summed E-state index contributed by atoms with van der Waals surface area (Å²) >= 11 is 0. The van der Waals surface area contributed by atoms with Crippen LogP contribution in [0.2, 0.25) is 0 Å². The number of hydrogen-bond donors (Lipinski definition) is 1. The van der Waals surface area contributed by atoms with E-state index in [4.69, 9.17) is 4.55 Å². The first-order chi connectivity index (χ1) is 5.92. The lowest BCUT2D eigenvalue weighted by Crippen LogP contribution is -2.05. The maximum absolute atomic E-state index is 10.2. The molecule has 1 aromatic heterocycles. The van der Waals surface area contributed by atoms with Gasteiger partial charge in [-0.2, -0.15) is 8.42 Å². The predicted molar refractivity (Wildman–Crippen MR) is 41.0 cm³/mol. The lowest BCUT2D eigenvalue weighted by molar-refractivity contribution is 0.109. The third-order valence-electron chi connectivity index (χ3n) is 1.23. The molecule has 0 saturated carbocycles. The van der Waals surface area contributed by atoms with E-state index in [9.17, 15) is 13.2 Å². The molecule has 1 rings (SSSR count). The molecule has 13 heavy (non-hydrogen) atoms. The Bertz CT molecular complexity index is 414. The zero-order valence-electron chi connectivity index (χ0n) is 6.55. The van der Waals surface area contributed by atoms with E-state index in [0.29, 0.717) is 11.8 Å². The molecule has 6 nitrogen and oxygen atoms in total. The van der Waals surface area contributed by atoms with E-state index < -0.39 is 16.3 Å². The van der Waals surface area contributed by atoms with Gasteiger partial charge in [-0.15, -0.1) is 0 Å². The third kappa shape index (κ3) is 2.56. The molecule has 0 radical (unpaired) electrons. The number of furan rings is 1. The smallest absolute Gasteiger partial charge is 0.422 e. The van der Waals surface area contributed by atoms with Crippen LogP contribution in [0.5, 0.6) is 5.95 Å². The molecule has 1 N–H and O–H groups in total. The topological polar surface area (TPSA) is 93.8 Å². The number of hydrogen-bond acceptors (Lipinski definition) is 5. The van der Waals surface area contributed by atoms with Gasteiger partial charge in [-0.1, -0.05) is 0 Å². The highest BCUT2D eigenvalue weighted by atomic mass is 32.3. The van der Waals surface area contributed by atoms with Gasteiger partial charge in [0.1, 0.15) is 0 Å². The summed E-state index contributed by atoms with van der Waals surface area (Å²) < 4.78 is 37.2. The molecular formula is C6H6O6S. The van der Waals surface area contributed by atoms with Crippen LogP contribution >= 0.6 is 0 Å². The molecule has 0 aliphatic rings. The minimum Gasteiger partial charge on any atom is -0.422 e. The van der Waals surface area contributed by atoms with E-state index in [1.165, 1.54) is 13.0 Å². The van der Waals surface area contributed by atoms with Gasteiger partial charge in [-0.05, 0) is 6.92 Å². The monoisotopic (exact) mass is 206 g/mol. The Labute approximate surface area is 74.1 Å². The van der Waals surface area contributed by atoms with Crippen LogP contribution in [-0.2, 0) is 10.4 Å². The average Bonchev–Trinajstić information content (AvgIpc) is 2.26. The van der Waals surface area contributed by atoms with Crippen molar-refractivity contribution in [2.45, 2.75) is 6.92 Å². The molecule has 7 heteroatoms. The summed E-state index contributed by atoms with van der Waals surface area (Å²) in [6.07, 6.45) is 0.409. The van der Waals surface area contributed by atoms with Gasteiger partial charge in [0, 0.05) is 11.6 Å². The van der Waals surface area contributed by atoms with Crippen LogP contribution in [0.4, 0.5) is 0 Å². The molecule has 1 aromatic rings. The van der Waals surface area contributed by atoms with Crippen molar-refractivity contribution in [2.24, 2.45) is 0 Å². The molecule has 0 unspecified atom stereocenters. The van der Waals surface area contributed by atoms with Crippen LogP contribution in [0, 0.1) is 6.92 Å².